The lowest BCUT2D eigenvalue weighted by Crippen LogP contribution is -2.37. The van der Waals surface area contributed by atoms with Crippen molar-refractivity contribution < 1.29 is 4.74 Å². The zero-order valence-electron chi connectivity index (χ0n) is 14.7. The maximum atomic E-state index is 5.49. The van der Waals surface area contributed by atoms with E-state index in [4.69, 9.17) is 4.74 Å². The number of para-hydroxylation sites is 1. The minimum absolute atomic E-state index is 0.298. The molecule has 1 aromatic heterocycles. The summed E-state index contributed by atoms with van der Waals surface area (Å²) in [6.07, 6.45) is 3.91. The van der Waals surface area contributed by atoms with Crippen molar-refractivity contribution >= 4 is 10.9 Å². The molecule has 0 spiro atoms. The minimum atomic E-state index is 0.298. The van der Waals surface area contributed by atoms with Crippen LogP contribution in [0.3, 0.4) is 0 Å². The van der Waals surface area contributed by atoms with Gasteiger partial charge < -0.3 is 9.72 Å². The monoisotopic (exact) mass is 332 g/mol. The van der Waals surface area contributed by atoms with Crippen LogP contribution in [-0.4, -0.2) is 30.1 Å². The number of nitrogens with zero attached hydrogens (tertiary/aromatic N) is 1. The summed E-state index contributed by atoms with van der Waals surface area (Å²) in [6.45, 7) is 2.34. The van der Waals surface area contributed by atoms with Crippen molar-refractivity contribution in [3.05, 3.63) is 65.4 Å². The van der Waals surface area contributed by atoms with Crippen molar-refractivity contribution in [2.24, 2.45) is 5.92 Å². The summed E-state index contributed by atoms with van der Waals surface area (Å²) in [5.74, 6) is 1.83. The van der Waals surface area contributed by atoms with Crippen molar-refractivity contribution in [3.8, 4) is 5.75 Å². The van der Waals surface area contributed by atoms with E-state index in [2.05, 4.69) is 52.3 Å². The number of hydrogen-bond acceptors (Lipinski definition) is 2. The van der Waals surface area contributed by atoms with E-state index in [9.17, 15) is 0 Å². The fourth-order valence-electron chi connectivity index (χ4n) is 4.31. The van der Waals surface area contributed by atoms with Gasteiger partial charge in [0.2, 0.25) is 0 Å². The molecule has 1 N–H and O–H groups in total. The van der Waals surface area contributed by atoms with Gasteiger partial charge in [0.25, 0.3) is 0 Å². The number of aromatic nitrogens is 1. The number of rotatable bonds is 4. The van der Waals surface area contributed by atoms with Gasteiger partial charge >= 0.3 is 0 Å². The number of H-pyrrole nitrogens is 1. The average molecular weight is 332 g/mol. The van der Waals surface area contributed by atoms with E-state index >= 15 is 0 Å². The molecule has 2 heterocycles. The number of methoxy groups -OCH3 is 1. The topological polar surface area (TPSA) is 28.3 Å². The molecule has 1 aliphatic heterocycles. The molecule has 0 bridgehead atoms. The van der Waals surface area contributed by atoms with Gasteiger partial charge in [-0.25, -0.2) is 0 Å². The Hall–Kier alpha value is -2.26. The Labute approximate surface area is 148 Å². The van der Waals surface area contributed by atoms with Gasteiger partial charge in [-0.3, -0.25) is 4.90 Å². The normalized spacial score (nSPS) is 20.6. The van der Waals surface area contributed by atoms with E-state index in [1.165, 1.54) is 47.1 Å². The van der Waals surface area contributed by atoms with Crippen LogP contribution in [0.4, 0.5) is 0 Å². The standard InChI is InChI=1S/C22H24N2O/c1-25-17-6-4-5-16(13-17)22-21-19(11-12-24(22)14-15-9-10-15)18-7-2-3-8-20(18)23-21/h2-8,13,15,22-23H,9-12,14H2,1H3. The van der Waals surface area contributed by atoms with Crippen LogP contribution in [0.15, 0.2) is 48.5 Å². The van der Waals surface area contributed by atoms with Gasteiger partial charge in [-0.1, -0.05) is 30.3 Å². The van der Waals surface area contributed by atoms with Gasteiger partial charge in [0, 0.05) is 29.7 Å². The Morgan fingerprint density at radius 1 is 1.12 bits per heavy atom. The molecule has 1 atom stereocenters. The van der Waals surface area contributed by atoms with E-state index < -0.39 is 0 Å². The molecule has 1 unspecified atom stereocenters. The smallest absolute Gasteiger partial charge is 0.119 e. The van der Waals surface area contributed by atoms with E-state index in [0.29, 0.717) is 6.04 Å². The van der Waals surface area contributed by atoms with Crippen LogP contribution in [-0.2, 0) is 6.42 Å². The Morgan fingerprint density at radius 2 is 2.00 bits per heavy atom. The molecule has 128 valence electrons. The van der Waals surface area contributed by atoms with E-state index in [-0.39, 0.29) is 0 Å². The van der Waals surface area contributed by atoms with E-state index in [1.54, 1.807) is 7.11 Å². The number of aromatic amines is 1. The van der Waals surface area contributed by atoms with Crippen molar-refractivity contribution in [3.63, 3.8) is 0 Å². The van der Waals surface area contributed by atoms with Gasteiger partial charge in [-0.05, 0) is 54.5 Å². The summed E-state index contributed by atoms with van der Waals surface area (Å²) >= 11 is 0. The largest absolute Gasteiger partial charge is 0.497 e. The molecule has 0 amide bonds. The third kappa shape index (κ3) is 2.63. The van der Waals surface area contributed by atoms with Gasteiger partial charge in [-0.2, -0.15) is 0 Å². The fourth-order valence-corrected chi connectivity index (χ4v) is 4.31. The first-order chi connectivity index (χ1) is 12.3. The molecule has 2 aliphatic rings. The lowest BCUT2D eigenvalue weighted by molar-refractivity contribution is 0.202. The highest BCUT2D eigenvalue weighted by Crippen LogP contribution is 2.41. The van der Waals surface area contributed by atoms with Crippen LogP contribution < -0.4 is 4.74 Å². The van der Waals surface area contributed by atoms with Gasteiger partial charge in [0.1, 0.15) is 5.75 Å². The zero-order valence-corrected chi connectivity index (χ0v) is 14.7. The number of benzene rings is 2. The first-order valence-electron chi connectivity index (χ1n) is 9.31. The molecule has 5 rings (SSSR count). The maximum Gasteiger partial charge on any atom is 0.119 e. The quantitative estimate of drug-likeness (QED) is 0.760. The Balaban J connectivity index is 1.64. The summed E-state index contributed by atoms with van der Waals surface area (Å²) in [5, 5.41) is 1.39. The number of nitrogens with one attached hydrogen (secondary N) is 1. The number of hydrogen-bond donors (Lipinski definition) is 1. The molecule has 0 saturated heterocycles. The van der Waals surface area contributed by atoms with Crippen LogP contribution in [0.5, 0.6) is 5.75 Å². The third-order valence-electron chi connectivity index (χ3n) is 5.73. The molecule has 1 fully saturated rings. The van der Waals surface area contributed by atoms with Crippen LogP contribution in [0.2, 0.25) is 0 Å². The van der Waals surface area contributed by atoms with Crippen LogP contribution in [0.1, 0.15) is 35.7 Å². The second kappa shape index (κ2) is 5.92. The predicted molar refractivity (Wildman–Crippen MR) is 101 cm³/mol. The maximum absolute atomic E-state index is 5.49. The Morgan fingerprint density at radius 3 is 2.84 bits per heavy atom. The van der Waals surface area contributed by atoms with Crippen molar-refractivity contribution in [2.45, 2.75) is 25.3 Å². The number of fused-ring (bicyclic) bond motifs is 3. The highest BCUT2D eigenvalue weighted by Gasteiger charge is 2.35. The van der Waals surface area contributed by atoms with Crippen molar-refractivity contribution in [2.75, 3.05) is 20.2 Å². The SMILES string of the molecule is COc1cccc(C2c3[nH]c4ccccc4c3CCN2CC2CC2)c1. The lowest BCUT2D eigenvalue weighted by atomic mass is 9.92. The highest BCUT2D eigenvalue weighted by atomic mass is 16.5. The molecular formula is C22H24N2O. The van der Waals surface area contributed by atoms with Gasteiger partial charge in [0.05, 0.1) is 13.2 Å². The number of ether oxygens (including phenoxy) is 1. The average Bonchev–Trinajstić information content (AvgIpc) is 3.39. The zero-order chi connectivity index (χ0) is 16.8. The molecule has 25 heavy (non-hydrogen) atoms. The summed E-state index contributed by atoms with van der Waals surface area (Å²) in [6, 6.07) is 17.6. The molecule has 0 radical (unpaired) electrons. The summed E-state index contributed by atoms with van der Waals surface area (Å²) in [7, 11) is 1.75. The summed E-state index contributed by atoms with van der Waals surface area (Å²) in [4.78, 5) is 6.41. The van der Waals surface area contributed by atoms with Crippen LogP contribution >= 0.6 is 0 Å². The van der Waals surface area contributed by atoms with E-state index in [1.807, 2.05) is 6.07 Å². The van der Waals surface area contributed by atoms with Crippen LogP contribution in [0.25, 0.3) is 10.9 Å². The first-order valence-corrected chi connectivity index (χ1v) is 9.31. The molecule has 1 aliphatic carbocycles. The van der Waals surface area contributed by atoms with E-state index in [0.717, 1.165) is 24.6 Å². The second-order valence-corrected chi connectivity index (χ2v) is 7.43. The Bertz CT molecular complexity index is 909. The molecule has 2 aromatic carbocycles. The van der Waals surface area contributed by atoms with Gasteiger partial charge in [0.15, 0.2) is 0 Å². The highest BCUT2D eigenvalue weighted by molar-refractivity contribution is 5.85. The first kappa shape index (κ1) is 15.0. The minimum Gasteiger partial charge on any atom is -0.497 e. The van der Waals surface area contributed by atoms with Crippen LogP contribution in [0, 0.1) is 5.92 Å². The van der Waals surface area contributed by atoms with Gasteiger partial charge in [-0.15, -0.1) is 0 Å². The Kier molecular flexibility index (Phi) is 3.56. The summed E-state index contributed by atoms with van der Waals surface area (Å²) < 4.78 is 5.49. The molecule has 3 heteroatoms. The summed E-state index contributed by atoms with van der Waals surface area (Å²) in [5.41, 5.74) is 5.46. The lowest BCUT2D eigenvalue weighted by Gasteiger charge is -2.36. The molecule has 3 aromatic rings. The molecule has 3 nitrogen and oxygen atoms in total. The second-order valence-electron chi connectivity index (χ2n) is 7.43. The molecule has 1 saturated carbocycles. The van der Waals surface area contributed by atoms with Crippen molar-refractivity contribution in [1.29, 1.82) is 0 Å². The predicted octanol–water partition coefficient (Wildman–Crippen LogP) is 4.53. The van der Waals surface area contributed by atoms with Crippen molar-refractivity contribution in [1.82, 2.24) is 9.88 Å². The molecular weight excluding hydrogens is 308 g/mol. The third-order valence-corrected chi connectivity index (χ3v) is 5.73. The fraction of sp³-hybridized carbons (Fsp3) is 0.364.